The van der Waals surface area contributed by atoms with E-state index in [1.165, 1.54) is 9.13 Å². The van der Waals surface area contributed by atoms with Crippen molar-refractivity contribution >= 4 is 19.7 Å². The molecule has 0 radical (unpaired) electrons. The van der Waals surface area contributed by atoms with Gasteiger partial charge in [-0.2, -0.15) is 0 Å². The Hall–Kier alpha value is -1.53. The van der Waals surface area contributed by atoms with Crippen LogP contribution in [0.4, 0.5) is 0 Å². The van der Waals surface area contributed by atoms with Crippen LogP contribution in [0.5, 0.6) is 0 Å². The first-order chi connectivity index (χ1) is 8.37. The van der Waals surface area contributed by atoms with Gasteiger partial charge in [-0.05, 0) is 17.7 Å². The van der Waals surface area contributed by atoms with Gasteiger partial charge in [0.05, 0.1) is 11.4 Å². The van der Waals surface area contributed by atoms with Gasteiger partial charge in [0.2, 0.25) is 9.05 Å². The van der Waals surface area contributed by atoms with Crippen molar-refractivity contribution in [3.8, 4) is 5.69 Å². The van der Waals surface area contributed by atoms with Gasteiger partial charge in [0.1, 0.15) is 0 Å². The van der Waals surface area contributed by atoms with Crippen LogP contribution in [0, 0.1) is 0 Å². The average Bonchev–Trinajstić information content (AvgIpc) is 2.58. The van der Waals surface area contributed by atoms with Gasteiger partial charge < -0.3 is 4.57 Å². The standard InChI is InChI=1S/C11H11ClN2O3S/c1-13-5-6-14(11(13)15)10-4-2-3-9(7-10)8-18(12,16)17/h2-7H,8H2,1H3. The van der Waals surface area contributed by atoms with E-state index >= 15 is 0 Å². The van der Waals surface area contributed by atoms with Gasteiger partial charge in [0, 0.05) is 30.1 Å². The number of hydrogen-bond donors (Lipinski definition) is 0. The molecule has 0 spiro atoms. The molecule has 1 aromatic carbocycles. The van der Waals surface area contributed by atoms with Gasteiger partial charge in [0.15, 0.2) is 0 Å². The van der Waals surface area contributed by atoms with Gasteiger partial charge in [-0.1, -0.05) is 12.1 Å². The second-order valence-electron chi connectivity index (χ2n) is 3.91. The van der Waals surface area contributed by atoms with Crippen molar-refractivity contribution in [2.24, 2.45) is 7.05 Å². The van der Waals surface area contributed by atoms with Crippen molar-refractivity contribution in [2.45, 2.75) is 5.75 Å². The van der Waals surface area contributed by atoms with E-state index in [2.05, 4.69) is 0 Å². The lowest BCUT2D eigenvalue weighted by molar-refractivity contribution is 0.609. The predicted octanol–water partition coefficient (Wildman–Crippen LogP) is 1.24. The molecule has 0 N–H and O–H groups in total. The Morgan fingerprint density at radius 2 is 2.00 bits per heavy atom. The molecule has 0 unspecified atom stereocenters. The summed E-state index contributed by atoms with van der Waals surface area (Å²) < 4.78 is 24.9. The summed E-state index contributed by atoms with van der Waals surface area (Å²) in [7, 11) is 3.24. The molecule has 0 atom stereocenters. The van der Waals surface area contributed by atoms with E-state index < -0.39 is 9.05 Å². The Kier molecular flexibility index (Phi) is 3.32. The average molecular weight is 287 g/mol. The number of imidazole rings is 1. The van der Waals surface area contributed by atoms with Gasteiger partial charge in [-0.3, -0.25) is 4.57 Å². The molecule has 0 saturated carbocycles. The highest BCUT2D eigenvalue weighted by atomic mass is 35.7. The first-order valence-corrected chi connectivity index (χ1v) is 7.60. The van der Waals surface area contributed by atoms with Crippen LogP contribution < -0.4 is 5.69 Å². The van der Waals surface area contributed by atoms with Crippen molar-refractivity contribution < 1.29 is 8.42 Å². The molecule has 1 aromatic heterocycles. The van der Waals surface area contributed by atoms with Crippen LogP contribution in [0.25, 0.3) is 5.69 Å². The molecule has 1 heterocycles. The number of nitrogens with zero attached hydrogens (tertiary/aromatic N) is 2. The summed E-state index contributed by atoms with van der Waals surface area (Å²) in [5.74, 6) is -0.260. The minimum absolute atomic E-state index is 0.194. The number of benzene rings is 1. The molecule has 2 rings (SSSR count). The molecule has 0 aliphatic rings. The quantitative estimate of drug-likeness (QED) is 0.798. The summed E-state index contributed by atoms with van der Waals surface area (Å²) in [5.41, 5.74) is 0.956. The zero-order valence-electron chi connectivity index (χ0n) is 9.58. The van der Waals surface area contributed by atoms with Crippen LogP contribution in [0.1, 0.15) is 5.56 Å². The first-order valence-electron chi connectivity index (χ1n) is 5.12. The minimum atomic E-state index is -3.60. The highest BCUT2D eigenvalue weighted by Gasteiger charge is 2.09. The fourth-order valence-electron chi connectivity index (χ4n) is 1.66. The zero-order chi connectivity index (χ0) is 13.3. The number of halogens is 1. The molecular weight excluding hydrogens is 276 g/mol. The highest BCUT2D eigenvalue weighted by molar-refractivity contribution is 8.13. The number of aromatic nitrogens is 2. The summed E-state index contributed by atoms with van der Waals surface area (Å²) >= 11 is 0. The smallest absolute Gasteiger partial charge is 0.302 e. The second kappa shape index (κ2) is 4.62. The van der Waals surface area contributed by atoms with Gasteiger partial charge >= 0.3 is 5.69 Å². The molecule has 0 aliphatic heterocycles. The lowest BCUT2D eigenvalue weighted by Gasteiger charge is -2.04. The molecular formula is C11H11ClN2O3S. The Balaban J connectivity index is 2.45. The van der Waals surface area contributed by atoms with E-state index in [1.807, 2.05) is 0 Å². The number of rotatable bonds is 3. The van der Waals surface area contributed by atoms with E-state index in [1.54, 1.807) is 43.7 Å². The maximum Gasteiger partial charge on any atom is 0.332 e. The molecule has 0 aliphatic carbocycles. The van der Waals surface area contributed by atoms with E-state index in [9.17, 15) is 13.2 Å². The summed E-state index contributed by atoms with van der Waals surface area (Å²) in [6.07, 6.45) is 3.25. The normalized spacial score (nSPS) is 11.7. The molecule has 18 heavy (non-hydrogen) atoms. The SMILES string of the molecule is Cn1ccn(-c2cccc(CS(=O)(=O)Cl)c2)c1=O. The molecule has 0 fully saturated rings. The molecule has 7 heteroatoms. The van der Waals surface area contributed by atoms with Crippen molar-refractivity contribution in [2.75, 3.05) is 0 Å². The van der Waals surface area contributed by atoms with E-state index in [0.717, 1.165) is 0 Å². The second-order valence-corrected chi connectivity index (χ2v) is 6.69. The summed E-state index contributed by atoms with van der Waals surface area (Å²) in [6.45, 7) is 0. The van der Waals surface area contributed by atoms with Crippen molar-refractivity contribution in [1.29, 1.82) is 0 Å². The van der Waals surface area contributed by atoms with E-state index in [-0.39, 0.29) is 11.4 Å². The van der Waals surface area contributed by atoms with E-state index in [0.29, 0.717) is 11.3 Å². The first kappa shape index (κ1) is 12.9. The van der Waals surface area contributed by atoms with Gasteiger partial charge in [-0.25, -0.2) is 13.2 Å². The van der Waals surface area contributed by atoms with Crippen molar-refractivity contribution in [3.63, 3.8) is 0 Å². The maximum atomic E-state index is 11.7. The number of aryl methyl sites for hydroxylation is 1. The molecule has 5 nitrogen and oxygen atoms in total. The van der Waals surface area contributed by atoms with Crippen molar-refractivity contribution in [3.05, 3.63) is 52.7 Å². The highest BCUT2D eigenvalue weighted by Crippen LogP contribution is 2.13. The van der Waals surface area contributed by atoms with Crippen LogP contribution >= 0.6 is 10.7 Å². The van der Waals surface area contributed by atoms with E-state index in [4.69, 9.17) is 10.7 Å². The Labute approximate surface area is 109 Å². The Morgan fingerprint density at radius 3 is 2.56 bits per heavy atom. The summed E-state index contributed by atoms with van der Waals surface area (Å²) in [6, 6.07) is 6.69. The zero-order valence-corrected chi connectivity index (χ0v) is 11.1. The van der Waals surface area contributed by atoms with Gasteiger partial charge in [0.25, 0.3) is 0 Å². The molecule has 96 valence electrons. The third kappa shape index (κ3) is 2.83. The largest absolute Gasteiger partial charge is 0.332 e. The third-order valence-electron chi connectivity index (χ3n) is 2.47. The predicted molar refractivity (Wildman–Crippen MR) is 69.5 cm³/mol. The van der Waals surface area contributed by atoms with Gasteiger partial charge in [-0.15, -0.1) is 0 Å². The fourth-order valence-corrected chi connectivity index (χ4v) is 2.61. The summed E-state index contributed by atoms with van der Waals surface area (Å²) in [4.78, 5) is 11.7. The topological polar surface area (TPSA) is 61.1 Å². The third-order valence-corrected chi connectivity index (χ3v) is 3.48. The molecule has 2 aromatic rings. The molecule has 0 saturated heterocycles. The molecule has 0 amide bonds. The summed E-state index contributed by atoms with van der Waals surface area (Å²) in [5, 5.41) is 0. The van der Waals surface area contributed by atoms with Crippen LogP contribution in [0.15, 0.2) is 41.5 Å². The fraction of sp³-hybridized carbons (Fsp3) is 0.182. The van der Waals surface area contributed by atoms with Crippen LogP contribution in [0.2, 0.25) is 0 Å². The lowest BCUT2D eigenvalue weighted by atomic mass is 10.2. The van der Waals surface area contributed by atoms with Crippen LogP contribution in [-0.4, -0.2) is 17.6 Å². The Morgan fingerprint density at radius 1 is 1.28 bits per heavy atom. The molecule has 0 bridgehead atoms. The minimum Gasteiger partial charge on any atom is -0.302 e. The van der Waals surface area contributed by atoms with Crippen LogP contribution in [-0.2, 0) is 21.9 Å². The lowest BCUT2D eigenvalue weighted by Crippen LogP contribution is -2.20. The van der Waals surface area contributed by atoms with Crippen LogP contribution in [0.3, 0.4) is 0 Å². The Bertz CT molecular complexity index is 731. The maximum absolute atomic E-state index is 11.7. The monoisotopic (exact) mass is 286 g/mol. The van der Waals surface area contributed by atoms with Crippen molar-refractivity contribution in [1.82, 2.24) is 9.13 Å². The number of hydrogen-bond acceptors (Lipinski definition) is 3.